The second-order valence-corrected chi connectivity index (χ2v) is 6.24. The van der Waals surface area contributed by atoms with Gasteiger partial charge in [-0.2, -0.15) is 0 Å². The molecule has 0 atom stereocenters. The highest BCUT2D eigenvalue weighted by atomic mass is 16.2. The van der Waals surface area contributed by atoms with Crippen LogP contribution in [0.25, 0.3) is 0 Å². The van der Waals surface area contributed by atoms with Crippen LogP contribution in [0.3, 0.4) is 0 Å². The molecule has 2 rings (SSSR count). The highest BCUT2D eigenvalue weighted by molar-refractivity contribution is 5.98. The van der Waals surface area contributed by atoms with Crippen molar-refractivity contribution in [2.45, 2.75) is 13.8 Å². The van der Waals surface area contributed by atoms with Gasteiger partial charge >= 0.3 is 0 Å². The van der Waals surface area contributed by atoms with Gasteiger partial charge in [0.05, 0.1) is 17.0 Å². The Morgan fingerprint density at radius 1 is 1.32 bits per heavy atom. The molecule has 25 heavy (non-hydrogen) atoms. The maximum absolute atomic E-state index is 12.1. The molecular weight excluding hydrogens is 316 g/mol. The molecule has 1 amide bonds. The van der Waals surface area contributed by atoms with E-state index in [9.17, 15) is 4.79 Å². The first-order valence-corrected chi connectivity index (χ1v) is 7.97. The largest absolute Gasteiger partial charge is 0.384 e. The molecule has 2 aliphatic heterocycles. The number of nitrogens with zero attached hydrogens (tertiary/aromatic N) is 2. The zero-order valence-electron chi connectivity index (χ0n) is 14.9. The van der Waals surface area contributed by atoms with Crippen molar-refractivity contribution in [2.75, 3.05) is 14.1 Å². The molecule has 0 bridgehead atoms. The second kappa shape index (κ2) is 7.65. The Hall–Kier alpha value is -3.09. The van der Waals surface area contributed by atoms with E-state index in [2.05, 4.69) is 15.6 Å². The standard InChI is InChI=1S/C18H24N6O/c1-11(2)12(9-19)8-16(20)23-17-6-5-14-15(22-17)7-13(10-21-14)18(25)24(3)4/h5-11,19,21-22H,1-4H3,(H2,20,23). The number of rotatable bonds is 5. The van der Waals surface area contributed by atoms with Crippen molar-refractivity contribution in [2.24, 2.45) is 16.6 Å². The molecule has 0 aromatic heterocycles. The summed E-state index contributed by atoms with van der Waals surface area (Å²) in [4.78, 5) is 17.9. The molecule has 7 nitrogen and oxygen atoms in total. The van der Waals surface area contributed by atoms with Crippen molar-refractivity contribution < 1.29 is 4.79 Å². The van der Waals surface area contributed by atoms with Gasteiger partial charge in [-0.3, -0.25) is 4.79 Å². The van der Waals surface area contributed by atoms with Crippen LogP contribution in [0.15, 0.2) is 63.9 Å². The van der Waals surface area contributed by atoms with E-state index in [1.54, 1.807) is 38.5 Å². The number of dihydropyridines is 2. The number of nitrogens with two attached hydrogens (primary N) is 1. The van der Waals surface area contributed by atoms with Crippen LogP contribution in [0.2, 0.25) is 0 Å². The predicted molar refractivity (Wildman–Crippen MR) is 101 cm³/mol. The van der Waals surface area contributed by atoms with E-state index in [4.69, 9.17) is 11.1 Å². The number of hydrogen-bond donors (Lipinski definition) is 4. The number of carbonyl (C=O) groups is 1. The summed E-state index contributed by atoms with van der Waals surface area (Å²) in [5.41, 5.74) is 8.92. The maximum atomic E-state index is 12.1. The zero-order chi connectivity index (χ0) is 18.6. The van der Waals surface area contributed by atoms with Crippen molar-refractivity contribution in [3.05, 3.63) is 58.9 Å². The fourth-order valence-corrected chi connectivity index (χ4v) is 2.26. The van der Waals surface area contributed by atoms with E-state index in [1.165, 1.54) is 11.1 Å². The number of fused-ring (bicyclic) bond motifs is 1. The fourth-order valence-electron chi connectivity index (χ4n) is 2.26. The smallest absolute Gasteiger partial charge is 0.254 e. The minimum atomic E-state index is -0.0875. The molecule has 2 heterocycles. The van der Waals surface area contributed by atoms with Crippen LogP contribution >= 0.6 is 0 Å². The van der Waals surface area contributed by atoms with Crippen molar-refractivity contribution in [3.63, 3.8) is 0 Å². The third-order valence-corrected chi connectivity index (χ3v) is 3.69. The molecule has 0 aromatic carbocycles. The lowest BCUT2D eigenvalue weighted by Gasteiger charge is -2.23. The number of nitrogens with one attached hydrogen (secondary N) is 3. The number of likely N-dealkylation sites (N-methyl/N-ethyl adjacent to an activating group) is 1. The maximum Gasteiger partial charge on any atom is 0.254 e. The average molecular weight is 340 g/mol. The summed E-state index contributed by atoms with van der Waals surface area (Å²) in [6.45, 7) is 3.98. The van der Waals surface area contributed by atoms with E-state index in [0.29, 0.717) is 17.2 Å². The molecule has 7 heteroatoms. The molecule has 0 saturated heterocycles. The monoisotopic (exact) mass is 340 g/mol. The van der Waals surface area contributed by atoms with Crippen molar-refractivity contribution in [1.82, 2.24) is 15.5 Å². The molecule has 0 aliphatic carbocycles. The third-order valence-electron chi connectivity index (χ3n) is 3.69. The summed E-state index contributed by atoms with van der Waals surface area (Å²) < 4.78 is 0. The summed E-state index contributed by atoms with van der Waals surface area (Å²) in [5, 5.41) is 13.7. The Bertz CT molecular complexity index is 762. The number of hydrogen-bond acceptors (Lipinski definition) is 5. The van der Waals surface area contributed by atoms with Crippen molar-refractivity contribution in [3.8, 4) is 0 Å². The van der Waals surface area contributed by atoms with Gasteiger partial charge in [-0.05, 0) is 35.8 Å². The minimum Gasteiger partial charge on any atom is -0.384 e. The van der Waals surface area contributed by atoms with E-state index in [1.807, 2.05) is 19.9 Å². The number of allylic oxidation sites excluding steroid dienone is 3. The summed E-state index contributed by atoms with van der Waals surface area (Å²) >= 11 is 0. The fraction of sp³-hybridized carbons (Fsp3) is 0.278. The molecule has 5 N–H and O–H groups in total. The average Bonchev–Trinajstić information content (AvgIpc) is 2.57. The van der Waals surface area contributed by atoms with Crippen molar-refractivity contribution in [1.29, 1.82) is 5.41 Å². The molecule has 0 saturated carbocycles. The first-order chi connectivity index (χ1) is 11.8. The summed E-state index contributed by atoms with van der Waals surface area (Å²) in [7, 11) is 3.42. The minimum absolute atomic E-state index is 0.0875. The van der Waals surface area contributed by atoms with Gasteiger partial charge in [-0.1, -0.05) is 13.8 Å². The van der Waals surface area contributed by atoms with Crippen LogP contribution in [0.1, 0.15) is 13.8 Å². The second-order valence-electron chi connectivity index (χ2n) is 6.24. The molecule has 0 radical (unpaired) electrons. The van der Waals surface area contributed by atoms with Gasteiger partial charge in [0.15, 0.2) is 0 Å². The summed E-state index contributed by atoms with van der Waals surface area (Å²) in [6.07, 6.45) is 10.1. The van der Waals surface area contributed by atoms with Gasteiger partial charge < -0.3 is 26.7 Å². The highest BCUT2D eigenvalue weighted by Crippen LogP contribution is 2.20. The quantitative estimate of drug-likeness (QED) is 0.448. The number of carbonyl (C=O) groups excluding carboxylic acids is 1. The molecule has 0 spiro atoms. The molecule has 0 unspecified atom stereocenters. The van der Waals surface area contributed by atoms with Crippen LogP contribution < -0.4 is 16.4 Å². The molecular formula is C18H24N6O. The lowest BCUT2D eigenvalue weighted by molar-refractivity contribution is -0.124. The zero-order valence-corrected chi connectivity index (χ0v) is 14.9. The van der Waals surface area contributed by atoms with Gasteiger partial charge in [0.2, 0.25) is 0 Å². The summed E-state index contributed by atoms with van der Waals surface area (Å²) in [6, 6.07) is 0. The van der Waals surface area contributed by atoms with E-state index in [-0.39, 0.29) is 11.8 Å². The lowest BCUT2D eigenvalue weighted by atomic mass is 10.0. The Labute approximate surface area is 147 Å². The Morgan fingerprint density at radius 3 is 2.64 bits per heavy atom. The molecule has 132 valence electrons. The molecule has 0 fully saturated rings. The van der Waals surface area contributed by atoms with Gasteiger partial charge in [0.25, 0.3) is 5.91 Å². The van der Waals surface area contributed by atoms with Crippen LogP contribution in [0.4, 0.5) is 0 Å². The number of amides is 1. The molecule has 0 aromatic rings. The number of aliphatic imine (C=N–C) groups is 1. The Morgan fingerprint density at radius 2 is 2.04 bits per heavy atom. The van der Waals surface area contributed by atoms with Crippen molar-refractivity contribution >= 4 is 18.0 Å². The third kappa shape index (κ3) is 4.47. The first kappa shape index (κ1) is 18.3. The SMILES string of the molecule is CC(C)C(C=N)=CC(N)=NC1=CC=C2NC=C(C(=O)N(C)C)C=C2N1. The van der Waals surface area contributed by atoms with Crippen LogP contribution in [-0.4, -0.2) is 37.0 Å². The van der Waals surface area contributed by atoms with Crippen LogP contribution in [0, 0.1) is 11.3 Å². The van der Waals surface area contributed by atoms with Gasteiger partial charge in [0.1, 0.15) is 11.7 Å². The van der Waals surface area contributed by atoms with Crippen LogP contribution in [-0.2, 0) is 4.79 Å². The van der Waals surface area contributed by atoms with Gasteiger partial charge in [-0.15, -0.1) is 0 Å². The first-order valence-electron chi connectivity index (χ1n) is 7.97. The van der Waals surface area contributed by atoms with E-state index < -0.39 is 0 Å². The normalized spacial score (nSPS) is 17.3. The lowest BCUT2D eigenvalue weighted by Crippen LogP contribution is -2.30. The van der Waals surface area contributed by atoms with E-state index >= 15 is 0 Å². The van der Waals surface area contributed by atoms with Gasteiger partial charge in [0, 0.05) is 26.5 Å². The Balaban J connectivity index is 2.21. The topological polar surface area (TPSA) is 107 Å². The molecule has 2 aliphatic rings. The highest BCUT2D eigenvalue weighted by Gasteiger charge is 2.19. The summed E-state index contributed by atoms with van der Waals surface area (Å²) in [5.74, 6) is 0.987. The van der Waals surface area contributed by atoms with E-state index in [0.717, 1.165) is 17.0 Å². The van der Waals surface area contributed by atoms with Gasteiger partial charge in [-0.25, -0.2) is 4.99 Å². The van der Waals surface area contributed by atoms with Crippen LogP contribution in [0.5, 0.6) is 0 Å². The predicted octanol–water partition coefficient (Wildman–Crippen LogP) is 1.36. The number of amidine groups is 1. The Kier molecular flexibility index (Phi) is 5.59.